The molecule has 32 heavy (non-hydrogen) atoms. The van der Waals surface area contributed by atoms with Crippen molar-refractivity contribution in [1.82, 2.24) is 24.8 Å². The number of piperazine rings is 1. The van der Waals surface area contributed by atoms with E-state index in [2.05, 4.69) is 15.3 Å². The van der Waals surface area contributed by atoms with Crippen LogP contribution in [0.5, 0.6) is 5.88 Å². The van der Waals surface area contributed by atoms with Crippen LogP contribution >= 0.6 is 11.3 Å². The van der Waals surface area contributed by atoms with Crippen LogP contribution in [0.1, 0.15) is 15.4 Å². The molecule has 0 aliphatic carbocycles. The Labute approximate surface area is 185 Å². The van der Waals surface area contributed by atoms with E-state index in [-0.39, 0.29) is 35.7 Å². The molecule has 5 rings (SSSR count). The number of nitrogens with zero attached hydrogens (tertiary/aromatic N) is 4. The number of ether oxygens (including phenoxy) is 1. The smallest absolute Gasteiger partial charge is 0.328 e. The molecule has 2 aliphatic heterocycles. The third-order valence-electron chi connectivity index (χ3n) is 5.73. The summed E-state index contributed by atoms with van der Waals surface area (Å²) in [6.45, 7) is 1.28. The average molecular weight is 456 g/mol. The molecule has 0 radical (unpaired) electrons. The number of carbonyl (C=O) groups is 2. The summed E-state index contributed by atoms with van der Waals surface area (Å²) in [7, 11) is 2.96. The molecule has 1 saturated heterocycles. The summed E-state index contributed by atoms with van der Waals surface area (Å²) in [6, 6.07) is 5.05. The van der Waals surface area contributed by atoms with Crippen molar-refractivity contribution < 1.29 is 14.3 Å². The molecule has 12 heteroatoms. The molecule has 1 fully saturated rings. The number of fused-ring (bicyclic) bond motifs is 4. The second kappa shape index (κ2) is 7.48. The third-order valence-corrected chi connectivity index (χ3v) is 6.83. The SMILES string of the molecule is CNC(=O)c1ccc2c(n1)OCC1CN(Cc3cc4[nH]c(=O)n(C)c(=O)c4s3)C(=O)CN21. The predicted octanol–water partition coefficient (Wildman–Crippen LogP) is -0.347. The minimum Gasteiger partial charge on any atom is -0.474 e. The number of carbonyl (C=O) groups excluding carboxylic acids is 2. The average Bonchev–Trinajstić information content (AvgIpc) is 3.19. The first-order valence-corrected chi connectivity index (χ1v) is 10.8. The Bertz CT molecular complexity index is 1380. The van der Waals surface area contributed by atoms with Gasteiger partial charge in [-0.05, 0) is 18.2 Å². The molecule has 0 saturated carbocycles. The van der Waals surface area contributed by atoms with Crippen LogP contribution in [0.2, 0.25) is 0 Å². The molecule has 0 spiro atoms. The zero-order chi connectivity index (χ0) is 22.6. The van der Waals surface area contributed by atoms with E-state index in [0.29, 0.717) is 41.5 Å². The van der Waals surface area contributed by atoms with Crippen LogP contribution in [0, 0.1) is 0 Å². The van der Waals surface area contributed by atoms with Gasteiger partial charge in [0.15, 0.2) is 0 Å². The first kappa shape index (κ1) is 20.2. The van der Waals surface area contributed by atoms with Gasteiger partial charge in [-0.15, -0.1) is 11.3 Å². The molecule has 3 aromatic heterocycles. The van der Waals surface area contributed by atoms with Gasteiger partial charge in [-0.1, -0.05) is 0 Å². The highest BCUT2D eigenvalue weighted by molar-refractivity contribution is 7.18. The normalized spacial score (nSPS) is 17.7. The van der Waals surface area contributed by atoms with E-state index in [1.807, 2.05) is 4.90 Å². The Hall–Kier alpha value is -3.67. The molecule has 5 heterocycles. The lowest BCUT2D eigenvalue weighted by molar-refractivity contribution is -0.132. The van der Waals surface area contributed by atoms with Crippen LogP contribution in [-0.4, -0.2) is 64.0 Å². The Morgan fingerprint density at radius 3 is 2.94 bits per heavy atom. The van der Waals surface area contributed by atoms with E-state index in [1.54, 1.807) is 23.1 Å². The van der Waals surface area contributed by atoms with Gasteiger partial charge in [0, 0.05) is 25.5 Å². The van der Waals surface area contributed by atoms with Crippen molar-refractivity contribution in [3.8, 4) is 5.88 Å². The van der Waals surface area contributed by atoms with Crippen molar-refractivity contribution >= 4 is 39.1 Å². The zero-order valence-corrected chi connectivity index (χ0v) is 18.2. The van der Waals surface area contributed by atoms with Gasteiger partial charge in [0.05, 0.1) is 24.6 Å². The number of hydrogen-bond donors (Lipinski definition) is 2. The molecule has 0 bridgehead atoms. The second-order valence-corrected chi connectivity index (χ2v) is 8.85. The summed E-state index contributed by atoms with van der Waals surface area (Å²) in [5.74, 6) is -0.0323. The number of aromatic nitrogens is 3. The van der Waals surface area contributed by atoms with Crippen LogP contribution in [-0.2, 0) is 18.4 Å². The molecular formula is C20H20N6O5S. The van der Waals surface area contributed by atoms with Gasteiger partial charge < -0.3 is 24.8 Å². The lowest BCUT2D eigenvalue weighted by Gasteiger charge is -2.44. The number of H-pyrrole nitrogens is 1. The molecule has 2 aliphatic rings. The third kappa shape index (κ3) is 3.23. The van der Waals surface area contributed by atoms with Gasteiger partial charge in [0.1, 0.15) is 22.7 Å². The number of thiophene rings is 1. The van der Waals surface area contributed by atoms with Crippen molar-refractivity contribution in [3.05, 3.63) is 49.6 Å². The second-order valence-electron chi connectivity index (χ2n) is 7.72. The number of rotatable bonds is 3. The minimum atomic E-state index is -0.470. The molecule has 1 unspecified atom stereocenters. The lowest BCUT2D eigenvalue weighted by atomic mass is 10.1. The summed E-state index contributed by atoms with van der Waals surface area (Å²) >= 11 is 1.28. The minimum absolute atomic E-state index is 0.0603. The highest BCUT2D eigenvalue weighted by Gasteiger charge is 2.37. The molecule has 166 valence electrons. The van der Waals surface area contributed by atoms with Crippen molar-refractivity contribution in [3.63, 3.8) is 0 Å². The van der Waals surface area contributed by atoms with Gasteiger partial charge in [0.2, 0.25) is 11.8 Å². The van der Waals surface area contributed by atoms with Crippen LogP contribution in [0.3, 0.4) is 0 Å². The number of aromatic amines is 1. The van der Waals surface area contributed by atoms with Crippen LogP contribution in [0.25, 0.3) is 10.2 Å². The maximum absolute atomic E-state index is 12.9. The van der Waals surface area contributed by atoms with Gasteiger partial charge >= 0.3 is 5.69 Å². The highest BCUT2D eigenvalue weighted by Crippen LogP contribution is 2.34. The van der Waals surface area contributed by atoms with Crippen molar-refractivity contribution in [2.45, 2.75) is 12.6 Å². The Morgan fingerprint density at radius 2 is 2.16 bits per heavy atom. The molecule has 2 amide bonds. The molecular weight excluding hydrogens is 436 g/mol. The summed E-state index contributed by atoms with van der Waals surface area (Å²) < 4.78 is 7.29. The molecule has 2 N–H and O–H groups in total. The summed E-state index contributed by atoms with van der Waals surface area (Å²) in [6.07, 6.45) is 0. The monoisotopic (exact) mass is 456 g/mol. The van der Waals surface area contributed by atoms with Gasteiger partial charge in [0.25, 0.3) is 11.5 Å². The lowest BCUT2D eigenvalue weighted by Crippen LogP contribution is -2.59. The van der Waals surface area contributed by atoms with Crippen LogP contribution < -0.4 is 26.2 Å². The van der Waals surface area contributed by atoms with Crippen LogP contribution in [0.4, 0.5) is 5.69 Å². The van der Waals surface area contributed by atoms with E-state index in [4.69, 9.17) is 4.74 Å². The summed E-state index contributed by atoms with van der Waals surface area (Å²) in [4.78, 5) is 60.4. The number of pyridine rings is 1. The van der Waals surface area contributed by atoms with Gasteiger partial charge in [-0.2, -0.15) is 0 Å². The molecule has 0 aromatic carbocycles. The number of hydrogen-bond acceptors (Lipinski definition) is 8. The summed E-state index contributed by atoms with van der Waals surface area (Å²) in [5, 5.41) is 2.53. The summed E-state index contributed by atoms with van der Waals surface area (Å²) in [5.41, 5.74) is 0.602. The zero-order valence-electron chi connectivity index (χ0n) is 17.4. The van der Waals surface area contributed by atoms with E-state index in [1.165, 1.54) is 25.4 Å². The fourth-order valence-electron chi connectivity index (χ4n) is 4.00. The fourth-order valence-corrected chi connectivity index (χ4v) is 5.10. The van der Waals surface area contributed by atoms with E-state index in [0.717, 1.165) is 9.44 Å². The molecule has 1 atom stereocenters. The van der Waals surface area contributed by atoms with Crippen molar-refractivity contribution in [2.75, 3.05) is 31.6 Å². The Kier molecular flexibility index (Phi) is 4.73. The molecule has 11 nitrogen and oxygen atoms in total. The van der Waals surface area contributed by atoms with Crippen molar-refractivity contribution in [2.24, 2.45) is 7.05 Å². The van der Waals surface area contributed by atoms with E-state index in [9.17, 15) is 19.2 Å². The van der Waals surface area contributed by atoms with E-state index < -0.39 is 5.69 Å². The fraction of sp³-hybridized carbons (Fsp3) is 0.350. The number of nitrogens with one attached hydrogen (secondary N) is 2. The Morgan fingerprint density at radius 1 is 1.34 bits per heavy atom. The largest absolute Gasteiger partial charge is 0.474 e. The Balaban J connectivity index is 1.37. The quantitative estimate of drug-likeness (QED) is 0.551. The van der Waals surface area contributed by atoms with Gasteiger partial charge in [-0.3, -0.25) is 19.0 Å². The van der Waals surface area contributed by atoms with Crippen LogP contribution in [0.15, 0.2) is 27.8 Å². The first-order chi connectivity index (χ1) is 15.4. The van der Waals surface area contributed by atoms with Crippen molar-refractivity contribution in [1.29, 1.82) is 0 Å². The first-order valence-electron chi connectivity index (χ1n) is 9.97. The standard InChI is InChI=1S/C20H20N6O5S/c1-21-17(28)12-3-4-14-18(22-12)31-9-10-6-25(15(27)8-26(10)14)7-11-5-13-16(32-11)19(29)24(2)20(30)23-13/h3-5,10H,6-9H2,1-2H3,(H,21,28)(H,23,30). The maximum atomic E-state index is 12.9. The van der Waals surface area contributed by atoms with Gasteiger partial charge in [-0.25, -0.2) is 9.78 Å². The predicted molar refractivity (Wildman–Crippen MR) is 117 cm³/mol. The topological polar surface area (TPSA) is 130 Å². The molecule has 3 aromatic rings. The number of amides is 2. The maximum Gasteiger partial charge on any atom is 0.328 e. The highest BCUT2D eigenvalue weighted by atomic mass is 32.1. The van der Waals surface area contributed by atoms with E-state index >= 15 is 0 Å². The number of anilines is 1.